The molecule has 0 bridgehead atoms. The molecule has 3 rings (SSSR count). The van der Waals surface area contributed by atoms with Crippen molar-refractivity contribution in [1.29, 1.82) is 0 Å². The summed E-state index contributed by atoms with van der Waals surface area (Å²) in [6.07, 6.45) is 6.16. The molecule has 0 saturated heterocycles. The molecule has 3 aromatic rings. The third-order valence-corrected chi connectivity index (χ3v) is 4.06. The summed E-state index contributed by atoms with van der Waals surface area (Å²) in [5.41, 5.74) is 1.79. The lowest BCUT2D eigenvalue weighted by molar-refractivity contribution is 0.0996. The van der Waals surface area contributed by atoms with Crippen molar-refractivity contribution in [3.63, 3.8) is 0 Å². The van der Waals surface area contributed by atoms with E-state index in [0.717, 1.165) is 31.0 Å². The fourth-order valence-corrected chi connectivity index (χ4v) is 2.59. The Labute approximate surface area is 186 Å². The zero-order valence-electron chi connectivity index (χ0n) is 16.2. The van der Waals surface area contributed by atoms with E-state index in [-0.39, 0.29) is 35.6 Å². The Morgan fingerprint density at radius 2 is 2.00 bits per heavy atom. The number of nitrogens with zero attached hydrogens (tertiary/aromatic N) is 3. The second kappa shape index (κ2) is 11.9. The number of guanidine groups is 1. The highest BCUT2D eigenvalue weighted by Crippen LogP contribution is 2.11. The molecule has 8 nitrogen and oxygen atoms in total. The number of rotatable bonds is 8. The SMILES string of the molecule is CN=C(NCCCn1cccn1)NCc1ccc(NC(=O)c2ccco2)cc1.I. The van der Waals surface area contributed by atoms with Crippen LogP contribution in [0.25, 0.3) is 0 Å². The number of hydrogen-bond acceptors (Lipinski definition) is 4. The quantitative estimate of drug-likeness (QED) is 0.188. The van der Waals surface area contributed by atoms with Crippen LogP contribution in [0.5, 0.6) is 0 Å². The van der Waals surface area contributed by atoms with Crippen LogP contribution in [0.3, 0.4) is 0 Å². The molecule has 1 aromatic carbocycles. The molecule has 0 aliphatic heterocycles. The monoisotopic (exact) mass is 508 g/mol. The molecular weight excluding hydrogens is 483 g/mol. The van der Waals surface area contributed by atoms with Gasteiger partial charge >= 0.3 is 0 Å². The number of amides is 1. The van der Waals surface area contributed by atoms with Crippen molar-refractivity contribution in [2.75, 3.05) is 18.9 Å². The number of halogens is 1. The molecular formula is C20H25IN6O2. The van der Waals surface area contributed by atoms with E-state index in [1.807, 2.05) is 41.2 Å². The highest BCUT2D eigenvalue weighted by atomic mass is 127. The Morgan fingerprint density at radius 3 is 2.66 bits per heavy atom. The van der Waals surface area contributed by atoms with Gasteiger partial charge in [0.15, 0.2) is 11.7 Å². The van der Waals surface area contributed by atoms with Gasteiger partial charge in [-0.1, -0.05) is 12.1 Å². The number of carbonyl (C=O) groups excluding carboxylic acids is 1. The normalized spacial score (nSPS) is 10.9. The smallest absolute Gasteiger partial charge is 0.291 e. The summed E-state index contributed by atoms with van der Waals surface area (Å²) in [5.74, 6) is 0.763. The molecule has 0 saturated carbocycles. The minimum Gasteiger partial charge on any atom is -0.459 e. The van der Waals surface area contributed by atoms with E-state index in [1.54, 1.807) is 25.4 Å². The predicted octanol–water partition coefficient (Wildman–Crippen LogP) is 3.10. The first kappa shape index (κ1) is 22.5. The first-order chi connectivity index (χ1) is 13.7. The number of anilines is 1. The van der Waals surface area contributed by atoms with Gasteiger partial charge < -0.3 is 20.4 Å². The van der Waals surface area contributed by atoms with Crippen LogP contribution in [-0.2, 0) is 13.1 Å². The zero-order valence-corrected chi connectivity index (χ0v) is 18.5. The van der Waals surface area contributed by atoms with E-state index >= 15 is 0 Å². The largest absolute Gasteiger partial charge is 0.459 e. The molecule has 0 atom stereocenters. The Hall–Kier alpha value is -2.82. The number of aromatic nitrogens is 2. The average Bonchev–Trinajstić information content (AvgIpc) is 3.43. The first-order valence-electron chi connectivity index (χ1n) is 9.10. The van der Waals surface area contributed by atoms with Gasteiger partial charge in [-0.15, -0.1) is 24.0 Å². The molecule has 0 unspecified atom stereocenters. The summed E-state index contributed by atoms with van der Waals surface area (Å²) in [7, 11) is 1.75. The molecule has 0 aliphatic rings. The van der Waals surface area contributed by atoms with Gasteiger partial charge in [-0.05, 0) is 42.3 Å². The number of aryl methyl sites for hydroxylation is 1. The second-order valence-corrected chi connectivity index (χ2v) is 6.10. The number of aliphatic imine (C=N–C) groups is 1. The van der Waals surface area contributed by atoms with Gasteiger partial charge in [0.2, 0.25) is 0 Å². The van der Waals surface area contributed by atoms with Gasteiger partial charge in [-0.3, -0.25) is 14.5 Å². The van der Waals surface area contributed by atoms with Crippen molar-refractivity contribution in [1.82, 2.24) is 20.4 Å². The van der Waals surface area contributed by atoms with Crippen molar-refractivity contribution >= 4 is 41.5 Å². The van der Waals surface area contributed by atoms with E-state index in [9.17, 15) is 4.79 Å². The minimum absolute atomic E-state index is 0. The first-order valence-corrected chi connectivity index (χ1v) is 9.10. The maximum atomic E-state index is 12.0. The van der Waals surface area contributed by atoms with Crippen LogP contribution in [0.15, 0.2) is 70.5 Å². The number of nitrogens with one attached hydrogen (secondary N) is 3. The van der Waals surface area contributed by atoms with E-state index in [0.29, 0.717) is 12.2 Å². The minimum atomic E-state index is -0.268. The molecule has 9 heteroatoms. The van der Waals surface area contributed by atoms with Crippen LogP contribution < -0.4 is 16.0 Å². The number of carbonyl (C=O) groups is 1. The van der Waals surface area contributed by atoms with Crippen LogP contribution in [0, 0.1) is 0 Å². The van der Waals surface area contributed by atoms with Crippen LogP contribution >= 0.6 is 24.0 Å². The van der Waals surface area contributed by atoms with E-state index in [1.165, 1.54) is 6.26 Å². The molecule has 0 radical (unpaired) electrons. The van der Waals surface area contributed by atoms with Crippen molar-refractivity contribution in [3.8, 4) is 0 Å². The summed E-state index contributed by atoms with van der Waals surface area (Å²) < 4.78 is 6.99. The standard InChI is InChI=1S/C20H24N6O2.HI/c1-21-20(22-10-3-12-26-13-4-11-24-26)23-15-16-6-8-17(9-7-16)25-19(27)18-5-2-14-28-18;/h2,4-9,11,13-14H,3,10,12,15H2,1H3,(H,25,27)(H2,21,22,23);1H. The lowest BCUT2D eigenvalue weighted by Gasteiger charge is -2.12. The topological polar surface area (TPSA) is 96.5 Å². The van der Waals surface area contributed by atoms with Gasteiger partial charge in [0.1, 0.15) is 0 Å². The van der Waals surface area contributed by atoms with Crippen molar-refractivity contribution in [2.45, 2.75) is 19.5 Å². The highest BCUT2D eigenvalue weighted by molar-refractivity contribution is 14.0. The predicted molar refractivity (Wildman–Crippen MR) is 124 cm³/mol. The Bertz CT molecular complexity index is 876. The number of hydrogen-bond donors (Lipinski definition) is 3. The lowest BCUT2D eigenvalue weighted by Crippen LogP contribution is -2.37. The molecule has 0 fully saturated rings. The maximum Gasteiger partial charge on any atom is 0.291 e. The molecule has 0 spiro atoms. The van der Waals surface area contributed by atoms with Crippen LogP contribution in [0.1, 0.15) is 22.5 Å². The third kappa shape index (κ3) is 7.26. The summed E-state index contributed by atoms with van der Waals surface area (Å²) in [6, 6.07) is 12.9. The molecule has 1 amide bonds. The van der Waals surface area contributed by atoms with Crippen LogP contribution in [0.2, 0.25) is 0 Å². The lowest BCUT2D eigenvalue weighted by atomic mass is 10.2. The van der Waals surface area contributed by atoms with Gasteiger partial charge in [0.25, 0.3) is 5.91 Å². The molecule has 2 heterocycles. The van der Waals surface area contributed by atoms with Gasteiger partial charge in [-0.2, -0.15) is 5.10 Å². The van der Waals surface area contributed by atoms with E-state index in [2.05, 4.69) is 26.0 Å². The van der Waals surface area contributed by atoms with Crippen molar-refractivity contribution in [3.05, 3.63) is 72.4 Å². The highest BCUT2D eigenvalue weighted by Gasteiger charge is 2.08. The van der Waals surface area contributed by atoms with E-state index in [4.69, 9.17) is 4.42 Å². The second-order valence-electron chi connectivity index (χ2n) is 6.10. The van der Waals surface area contributed by atoms with Crippen molar-refractivity contribution < 1.29 is 9.21 Å². The Balaban J connectivity index is 0.00000300. The zero-order chi connectivity index (χ0) is 19.6. The van der Waals surface area contributed by atoms with Gasteiger partial charge in [-0.25, -0.2) is 0 Å². The molecule has 154 valence electrons. The van der Waals surface area contributed by atoms with Gasteiger partial charge in [0.05, 0.1) is 6.26 Å². The Kier molecular flexibility index (Phi) is 9.22. The van der Waals surface area contributed by atoms with Crippen LogP contribution in [-0.4, -0.2) is 35.2 Å². The average molecular weight is 508 g/mol. The fraction of sp³-hybridized carbons (Fsp3) is 0.250. The third-order valence-electron chi connectivity index (χ3n) is 4.06. The number of benzene rings is 1. The maximum absolute atomic E-state index is 12.0. The molecule has 29 heavy (non-hydrogen) atoms. The molecule has 0 aliphatic carbocycles. The summed E-state index contributed by atoms with van der Waals surface area (Å²) in [4.78, 5) is 16.2. The van der Waals surface area contributed by atoms with E-state index < -0.39 is 0 Å². The molecule has 3 N–H and O–H groups in total. The summed E-state index contributed by atoms with van der Waals surface area (Å²) in [6.45, 7) is 2.30. The number of furan rings is 1. The van der Waals surface area contributed by atoms with Crippen LogP contribution in [0.4, 0.5) is 5.69 Å². The fourth-order valence-electron chi connectivity index (χ4n) is 2.59. The van der Waals surface area contributed by atoms with Crippen molar-refractivity contribution in [2.24, 2.45) is 4.99 Å². The molecule has 2 aromatic heterocycles. The Morgan fingerprint density at radius 1 is 1.17 bits per heavy atom. The van der Waals surface area contributed by atoms with Gasteiger partial charge in [0, 0.05) is 44.8 Å². The summed E-state index contributed by atoms with van der Waals surface area (Å²) >= 11 is 0. The summed E-state index contributed by atoms with van der Waals surface area (Å²) in [5, 5.41) is 13.5.